The molecule has 0 radical (unpaired) electrons. The zero-order valence-corrected chi connectivity index (χ0v) is 10.8. The van der Waals surface area contributed by atoms with Crippen molar-refractivity contribution in [3.8, 4) is 0 Å². The van der Waals surface area contributed by atoms with Crippen molar-refractivity contribution in [1.29, 1.82) is 0 Å². The highest BCUT2D eigenvalue weighted by molar-refractivity contribution is 7.15. The fourth-order valence-electron chi connectivity index (χ4n) is 1.74. The van der Waals surface area contributed by atoms with E-state index in [1.165, 1.54) is 10.4 Å². The lowest BCUT2D eigenvalue weighted by atomic mass is 10.2. The summed E-state index contributed by atoms with van der Waals surface area (Å²) in [6.45, 7) is 5.08. The molecule has 1 aromatic heterocycles. The van der Waals surface area contributed by atoms with Crippen LogP contribution in [-0.2, 0) is 13.1 Å². The maximum Gasteiger partial charge on any atom is 0.180 e. The van der Waals surface area contributed by atoms with Crippen LogP contribution in [0.15, 0.2) is 36.5 Å². The molecule has 0 aliphatic carbocycles. The number of benzene rings is 1. The van der Waals surface area contributed by atoms with Gasteiger partial charge in [-0.15, -0.1) is 11.3 Å². The van der Waals surface area contributed by atoms with E-state index in [9.17, 15) is 0 Å². The summed E-state index contributed by atoms with van der Waals surface area (Å²) in [5.41, 5.74) is 6.98. The number of nitrogens with two attached hydrogens (primary N) is 1. The molecule has 0 fully saturated rings. The lowest BCUT2D eigenvalue weighted by Crippen LogP contribution is -2.21. The maximum atomic E-state index is 5.64. The van der Waals surface area contributed by atoms with Crippen LogP contribution in [0.5, 0.6) is 0 Å². The Balaban J connectivity index is 1.98. The Kier molecular flexibility index (Phi) is 4.12. The van der Waals surface area contributed by atoms with Crippen LogP contribution in [0.4, 0.5) is 5.13 Å². The molecule has 0 spiro atoms. The topological polar surface area (TPSA) is 42.2 Å². The minimum atomic E-state index is 0.649. The highest BCUT2D eigenvalue weighted by Crippen LogP contribution is 2.17. The number of hydrogen-bond donors (Lipinski definition) is 1. The molecule has 0 atom stereocenters. The smallest absolute Gasteiger partial charge is 0.180 e. The first kappa shape index (κ1) is 12.1. The SMILES string of the molecule is CCN(Cc1ccccc1)Cc1cnc(N)s1. The molecule has 0 saturated carbocycles. The molecule has 0 amide bonds. The Morgan fingerprint density at radius 3 is 2.59 bits per heavy atom. The number of rotatable bonds is 5. The fraction of sp³-hybridized carbons (Fsp3) is 0.308. The van der Waals surface area contributed by atoms with Crippen molar-refractivity contribution in [1.82, 2.24) is 9.88 Å². The van der Waals surface area contributed by atoms with Crippen molar-refractivity contribution in [2.45, 2.75) is 20.0 Å². The summed E-state index contributed by atoms with van der Waals surface area (Å²) >= 11 is 1.57. The average molecular weight is 247 g/mol. The van der Waals surface area contributed by atoms with Gasteiger partial charge in [-0.1, -0.05) is 37.3 Å². The van der Waals surface area contributed by atoms with Gasteiger partial charge in [-0.2, -0.15) is 0 Å². The van der Waals surface area contributed by atoms with Crippen molar-refractivity contribution < 1.29 is 0 Å². The van der Waals surface area contributed by atoms with Crippen LogP contribution in [0.2, 0.25) is 0 Å². The number of hydrogen-bond acceptors (Lipinski definition) is 4. The second kappa shape index (κ2) is 5.80. The minimum Gasteiger partial charge on any atom is -0.375 e. The average Bonchev–Trinajstić information content (AvgIpc) is 2.75. The highest BCUT2D eigenvalue weighted by Gasteiger charge is 2.06. The van der Waals surface area contributed by atoms with Gasteiger partial charge in [0.15, 0.2) is 5.13 Å². The van der Waals surface area contributed by atoms with E-state index in [4.69, 9.17) is 5.73 Å². The summed E-state index contributed by atoms with van der Waals surface area (Å²) < 4.78 is 0. The first-order valence-electron chi connectivity index (χ1n) is 5.74. The number of anilines is 1. The number of aromatic nitrogens is 1. The van der Waals surface area contributed by atoms with Crippen LogP contribution in [-0.4, -0.2) is 16.4 Å². The van der Waals surface area contributed by atoms with E-state index >= 15 is 0 Å². The Morgan fingerprint density at radius 1 is 1.24 bits per heavy atom. The van der Waals surface area contributed by atoms with Crippen molar-refractivity contribution in [2.24, 2.45) is 0 Å². The molecule has 17 heavy (non-hydrogen) atoms. The van der Waals surface area contributed by atoms with Crippen molar-refractivity contribution >= 4 is 16.5 Å². The number of thiazole rings is 1. The van der Waals surface area contributed by atoms with Crippen LogP contribution in [0.1, 0.15) is 17.4 Å². The second-order valence-electron chi connectivity index (χ2n) is 3.95. The molecule has 3 nitrogen and oxygen atoms in total. The first-order valence-corrected chi connectivity index (χ1v) is 6.56. The van der Waals surface area contributed by atoms with Crippen LogP contribution in [0, 0.1) is 0 Å². The van der Waals surface area contributed by atoms with Crippen LogP contribution >= 0.6 is 11.3 Å². The third-order valence-corrected chi connectivity index (χ3v) is 3.46. The molecule has 0 aliphatic rings. The van der Waals surface area contributed by atoms with Crippen molar-refractivity contribution in [3.63, 3.8) is 0 Å². The second-order valence-corrected chi connectivity index (χ2v) is 5.10. The van der Waals surface area contributed by atoms with E-state index in [0.717, 1.165) is 19.6 Å². The third-order valence-electron chi connectivity index (χ3n) is 2.65. The van der Waals surface area contributed by atoms with E-state index in [2.05, 4.69) is 41.1 Å². The van der Waals surface area contributed by atoms with E-state index < -0.39 is 0 Å². The van der Waals surface area contributed by atoms with Crippen LogP contribution < -0.4 is 5.73 Å². The Hall–Kier alpha value is -1.39. The van der Waals surface area contributed by atoms with Gasteiger partial charge in [0.25, 0.3) is 0 Å². The summed E-state index contributed by atoms with van der Waals surface area (Å²) in [5, 5.41) is 0.649. The highest BCUT2D eigenvalue weighted by atomic mass is 32.1. The van der Waals surface area contributed by atoms with Gasteiger partial charge in [0.2, 0.25) is 0 Å². The van der Waals surface area contributed by atoms with Crippen molar-refractivity contribution in [2.75, 3.05) is 12.3 Å². The zero-order valence-electron chi connectivity index (χ0n) is 9.97. The van der Waals surface area contributed by atoms with E-state index in [0.29, 0.717) is 5.13 Å². The molecule has 4 heteroatoms. The normalized spacial score (nSPS) is 10.9. The molecule has 2 N–H and O–H groups in total. The molecule has 1 heterocycles. The predicted molar refractivity (Wildman–Crippen MR) is 72.8 cm³/mol. The Bertz CT molecular complexity index is 453. The summed E-state index contributed by atoms with van der Waals surface area (Å²) in [6.07, 6.45) is 1.87. The zero-order chi connectivity index (χ0) is 12.1. The largest absolute Gasteiger partial charge is 0.375 e. The quantitative estimate of drug-likeness (QED) is 0.883. The molecule has 90 valence electrons. The molecular formula is C13H17N3S. The third kappa shape index (κ3) is 3.54. The van der Waals surface area contributed by atoms with E-state index in [1.807, 2.05) is 12.3 Å². The molecule has 0 bridgehead atoms. The van der Waals surface area contributed by atoms with Crippen LogP contribution in [0.3, 0.4) is 0 Å². The van der Waals surface area contributed by atoms with Gasteiger partial charge in [-0.3, -0.25) is 4.90 Å². The van der Waals surface area contributed by atoms with Crippen LogP contribution in [0.25, 0.3) is 0 Å². The van der Waals surface area contributed by atoms with Gasteiger partial charge in [0.05, 0.1) is 0 Å². The molecule has 0 aliphatic heterocycles. The number of nitrogen functional groups attached to an aromatic ring is 1. The minimum absolute atomic E-state index is 0.649. The van der Waals surface area contributed by atoms with E-state index in [-0.39, 0.29) is 0 Å². The molecule has 1 aromatic carbocycles. The van der Waals surface area contributed by atoms with Crippen molar-refractivity contribution in [3.05, 3.63) is 47.0 Å². The van der Waals surface area contributed by atoms with E-state index in [1.54, 1.807) is 11.3 Å². The molecular weight excluding hydrogens is 230 g/mol. The van der Waals surface area contributed by atoms with Gasteiger partial charge < -0.3 is 5.73 Å². The lowest BCUT2D eigenvalue weighted by molar-refractivity contribution is 0.273. The van der Waals surface area contributed by atoms with Gasteiger partial charge in [-0.05, 0) is 12.1 Å². The fourth-order valence-corrected chi connectivity index (χ4v) is 2.46. The standard InChI is InChI=1S/C13H17N3S/c1-2-16(9-11-6-4-3-5-7-11)10-12-8-15-13(14)17-12/h3-8H,2,9-10H2,1H3,(H2,14,15). The Labute approximate surface area is 106 Å². The summed E-state index contributed by atoms with van der Waals surface area (Å²) in [5.74, 6) is 0. The van der Waals surface area contributed by atoms with Gasteiger partial charge >= 0.3 is 0 Å². The molecule has 2 aromatic rings. The van der Waals surface area contributed by atoms with Gasteiger partial charge in [0.1, 0.15) is 0 Å². The summed E-state index contributed by atoms with van der Waals surface area (Å²) in [6, 6.07) is 10.5. The van der Waals surface area contributed by atoms with Gasteiger partial charge in [-0.25, -0.2) is 4.98 Å². The monoisotopic (exact) mass is 247 g/mol. The maximum absolute atomic E-state index is 5.64. The first-order chi connectivity index (χ1) is 8.28. The Morgan fingerprint density at radius 2 is 2.00 bits per heavy atom. The molecule has 0 unspecified atom stereocenters. The summed E-state index contributed by atoms with van der Waals surface area (Å²) in [7, 11) is 0. The molecule has 2 rings (SSSR count). The molecule has 0 saturated heterocycles. The predicted octanol–water partition coefficient (Wildman–Crippen LogP) is 2.75. The number of nitrogens with zero attached hydrogens (tertiary/aromatic N) is 2. The lowest BCUT2D eigenvalue weighted by Gasteiger charge is -2.19. The van der Waals surface area contributed by atoms with Gasteiger partial charge in [0, 0.05) is 24.2 Å². The summed E-state index contributed by atoms with van der Waals surface area (Å²) in [4.78, 5) is 7.68.